The van der Waals surface area contributed by atoms with Crippen molar-refractivity contribution in [1.82, 2.24) is 4.98 Å². The van der Waals surface area contributed by atoms with Crippen molar-refractivity contribution in [3.05, 3.63) is 51.6 Å². The standard InChI is InChI=1S/C15H10F2N2O3S/c1-8-18-10(7-23-8)6-12-14(20)22-13(19-12)9-2-4-11(5-3-9)21-15(16)17/h2-7,15H,1H3. The van der Waals surface area contributed by atoms with Crippen LogP contribution in [-0.4, -0.2) is 23.5 Å². The van der Waals surface area contributed by atoms with E-state index in [1.54, 1.807) is 5.38 Å². The van der Waals surface area contributed by atoms with Gasteiger partial charge < -0.3 is 9.47 Å². The third-order valence-corrected chi connectivity index (χ3v) is 3.66. The Morgan fingerprint density at radius 1 is 1.30 bits per heavy atom. The lowest BCUT2D eigenvalue weighted by atomic mass is 10.2. The van der Waals surface area contributed by atoms with Crippen molar-refractivity contribution in [2.45, 2.75) is 13.5 Å². The number of hydrogen-bond donors (Lipinski definition) is 0. The summed E-state index contributed by atoms with van der Waals surface area (Å²) in [5, 5.41) is 2.68. The van der Waals surface area contributed by atoms with E-state index in [-0.39, 0.29) is 17.3 Å². The fourth-order valence-electron chi connectivity index (χ4n) is 1.90. The third kappa shape index (κ3) is 3.59. The second-order valence-electron chi connectivity index (χ2n) is 4.53. The van der Waals surface area contributed by atoms with Gasteiger partial charge >= 0.3 is 12.6 Å². The first-order valence-corrected chi connectivity index (χ1v) is 7.39. The summed E-state index contributed by atoms with van der Waals surface area (Å²) in [4.78, 5) is 20.2. The summed E-state index contributed by atoms with van der Waals surface area (Å²) >= 11 is 1.46. The van der Waals surface area contributed by atoms with Gasteiger partial charge in [-0.05, 0) is 37.3 Å². The molecule has 0 saturated heterocycles. The fourth-order valence-corrected chi connectivity index (χ4v) is 2.47. The van der Waals surface area contributed by atoms with Crippen molar-refractivity contribution < 1.29 is 23.0 Å². The Bertz CT molecular complexity index is 797. The maximum Gasteiger partial charge on any atom is 0.387 e. The van der Waals surface area contributed by atoms with Crippen LogP contribution < -0.4 is 4.74 Å². The van der Waals surface area contributed by atoms with E-state index in [1.165, 1.54) is 41.7 Å². The van der Waals surface area contributed by atoms with Gasteiger partial charge in [0.15, 0.2) is 5.70 Å². The third-order valence-electron chi connectivity index (χ3n) is 2.87. The Hall–Kier alpha value is -2.61. The molecule has 1 aromatic carbocycles. The van der Waals surface area contributed by atoms with Crippen LogP contribution in [0.2, 0.25) is 0 Å². The van der Waals surface area contributed by atoms with Crippen LogP contribution in [0.3, 0.4) is 0 Å². The van der Waals surface area contributed by atoms with Gasteiger partial charge in [-0.2, -0.15) is 8.78 Å². The highest BCUT2D eigenvalue weighted by molar-refractivity contribution is 7.09. The quantitative estimate of drug-likeness (QED) is 0.634. The van der Waals surface area contributed by atoms with E-state index in [2.05, 4.69) is 14.7 Å². The Kier molecular flexibility index (Phi) is 4.16. The molecular formula is C15H10F2N2O3S. The summed E-state index contributed by atoms with van der Waals surface area (Å²) in [6, 6.07) is 5.67. The number of halogens is 2. The van der Waals surface area contributed by atoms with E-state index in [1.807, 2.05) is 6.92 Å². The number of aromatic nitrogens is 1. The molecule has 1 aliphatic heterocycles. The average Bonchev–Trinajstić information content (AvgIpc) is 3.06. The Labute approximate surface area is 133 Å². The molecule has 0 N–H and O–H groups in total. The van der Waals surface area contributed by atoms with Gasteiger partial charge in [-0.15, -0.1) is 11.3 Å². The van der Waals surface area contributed by atoms with E-state index in [0.29, 0.717) is 11.3 Å². The summed E-state index contributed by atoms with van der Waals surface area (Å²) in [5.74, 6) is -0.460. The largest absolute Gasteiger partial charge is 0.435 e. The Morgan fingerprint density at radius 3 is 2.65 bits per heavy atom. The minimum Gasteiger partial charge on any atom is -0.435 e. The molecule has 0 bridgehead atoms. The van der Waals surface area contributed by atoms with Crippen molar-refractivity contribution in [3.63, 3.8) is 0 Å². The number of nitrogens with zero attached hydrogens (tertiary/aromatic N) is 2. The molecule has 2 aromatic rings. The molecular weight excluding hydrogens is 326 g/mol. The zero-order valence-corrected chi connectivity index (χ0v) is 12.6. The van der Waals surface area contributed by atoms with Crippen LogP contribution in [-0.2, 0) is 9.53 Å². The smallest absolute Gasteiger partial charge is 0.387 e. The summed E-state index contributed by atoms with van der Waals surface area (Å²) in [6.45, 7) is -1.03. The topological polar surface area (TPSA) is 60.8 Å². The molecule has 0 spiro atoms. The monoisotopic (exact) mass is 336 g/mol. The Balaban J connectivity index is 1.82. The number of carbonyl (C=O) groups is 1. The maximum absolute atomic E-state index is 12.1. The van der Waals surface area contributed by atoms with Gasteiger partial charge in [-0.25, -0.2) is 14.8 Å². The van der Waals surface area contributed by atoms with Gasteiger partial charge in [-0.3, -0.25) is 0 Å². The Morgan fingerprint density at radius 2 is 2.04 bits per heavy atom. The number of alkyl halides is 2. The van der Waals surface area contributed by atoms with Gasteiger partial charge in [0.25, 0.3) is 0 Å². The number of carbonyl (C=O) groups excluding carboxylic acids is 1. The number of aryl methyl sites for hydroxylation is 1. The first-order chi connectivity index (χ1) is 11.0. The molecule has 0 saturated carbocycles. The van der Waals surface area contributed by atoms with Crippen LogP contribution in [0, 0.1) is 6.92 Å². The lowest BCUT2D eigenvalue weighted by Crippen LogP contribution is -2.06. The molecule has 118 valence electrons. The zero-order valence-electron chi connectivity index (χ0n) is 11.8. The van der Waals surface area contributed by atoms with Crippen LogP contribution in [0.5, 0.6) is 5.75 Å². The first kappa shape index (κ1) is 15.3. The number of cyclic esters (lactones) is 1. The van der Waals surface area contributed by atoms with Crippen molar-refractivity contribution >= 4 is 29.3 Å². The highest BCUT2D eigenvalue weighted by atomic mass is 32.1. The number of ether oxygens (including phenoxy) is 2. The lowest BCUT2D eigenvalue weighted by Gasteiger charge is -2.04. The second-order valence-corrected chi connectivity index (χ2v) is 5.59. The first-order valence-electron chi connectivity index (χ1n) is 6.51. The molecule has 0 aliphatic carbocycles. The summed E-state index contributed by atoms with van der Waals surface area (Å²) in [5.41, 5.74) is 1.25. The molecule has 0 atom stereocenters. The minimum absolute atomic E-state index is 0.0161. The molecule has 0 fully saturated rings. The fraction of sp³-hybridized carbons (Fsp3) is 0.133. The normalized spacial score (nSPS) is 15.9. The van der Waals surface area contributed by atoms with E-state index < -0.39 is 12.6 Å². The average molecular weight is 336 g/mol. The van der Waals surface area contributed by atoms with Crippen LogP contribution >= 0.6 is 11.3 Å². The number of hydrogen-bond acceptors (Lipinski definition) is 6. The summed E-state index contributed by atoms with van der Waals surface area (Å²) in [7, 11) is 0. The van der Waals surface area contributed by atoms with E-state index in [4.69, 9.17) is 4.74 Å². The molecule has 5 nitrogen and oxygen atoms in total. The molecule has 23 heavy (non-hydrogen) atoms. The lowest BCUT2D eigenvalue weighted by molar-refractivity contribution is -0.129. The van der Waals surface area contributed by atoms with Crippen molar-refractivity contribution in [2.75, 3.05) is 0 Å². The van der Waals surface area contributed by atoms with Crippen LogP contribution in [0.25, 0.3) is 6.08 Å². The second kappa shape index (κ2) is 6.25. The molecule has 1 aromatic heterocycles. The predicted molar refractivity (Wildman–Crippen MR) is 80.5 cm³/mol. The summed E-state index contributed by atoms with van der Waals surface area (Å²) < 4.78 is 33.6. The van der Waals surface area contributed by atoms with Gasteiger partial charge in [-0.1, -0.05) is 0 Å². The number of rotatable bonds is 4. The highest BCUT2D eigenvalue weighted by Crippen LogP contribution is 2.22. The van der Waals surface area contributed by atoms with Crippen molar-refractivity contribution in [1.29, 1.82) is 0 Å². The molecule has 3 rings (SSSR count). The van der Waals surface area contributed by atoms with Crippen LogP contribution in [0.1, 0.15) is 16.3 Å². The number of benzene rings is 1. The van der Waals surface area contributed by atoms with Gasteiger partial charge in [0, 0.05) is 10.9 Å². The van der Waals surface area contributed by atoms with E-state index in [0.717, 1.165) is 5.01 Å². The molecule has 1 aliphatic rings. The SMILES string of the molecule is Cc1nc(C=C2N=C(c3ccc(OC(F)F)cc3)OC2=O)cs1. The number of thiazole rings is 1. The minimum atomic E-state index is -2.89. The number of esters is 1. The molecule has 0 unspecified atom stereocenters. The highest BCUT2D eigenvalue weighted by Gasteiger charge is 2.24. The van der Waals surface area contributed by atoms with Gasteiger partial charge in [0.2, 0.25) is 5.90 Å². The van der Waals surface area contributed by atoms with E-state index in [9.17, 15) is 13.6 Å². The molecule has 2 heterocycles. The molecule has 8 heteroatoms. The van der Waals surface area contributed by atoms with E-state index >= 15 is 0 Å². The summed E-state index contributed by atoms with van der Waals surface area (Å²) in [6.07, 6.45) is 1.53. The number of aliphatic imine (C=N–C) groups is 1. The maximum atomic E-state index is 12.1. The van der Waals surface area contributed by atoms with Crippen molar-refractivity contribution in [2.24, 2.45) is 4.99 Å². The molecule has 0 amide bonds. The van der Waals surface area contributed by atoms with Crippen molar-refractivity contribution in [3.8, 4) is 5.75 Å². The van der Waals surface area contributed by atoms with Gasteiger partial charge in [0.05, 0.1) is 10.7 Å². The van der Waals surface area contributed by atoms with Crippen LogP contribution in [0.4, 0.5) is 8.78 Å². The van der Waals surface area contributed by atoms with Crippen LogP contribution in [0.15, 0.2) is 40.3 Å². The van der Waals surface area contributed by atoms with Gasteiger partial charge in [0.1, 0.15) is 5.75 Å². The zero-order chi connectivity index (χ0) is 16.4. The molecule has 0 radical (unpaired) electrons. The predicted octanol–water partition coefficient (Wildman–Crippen LogP) is 3.40.